The Balaban J connectivity index is 1.76. The van der Waals surface area contributed by atoms with Crippen LogP contribution < -0.4 is 0 Å². The van der Waals surface area contributed by atoms with Crippen molar-refractivity contribution in [3.8, 4) is 12.3 Å². The normalized spacial score (nSPS) is 14.4. The van der Waals surface area contributed by atoms with Gasteiger partial charge in [-0.3, -0.25) is 14.2 Å². The van der Waals surface area contributed by atoms with Gasteiger partial charge in [-0.15, -0.1) is 6.42 Å². The summed E-state index contributed by atoms with van der Waals surface area (Å²) < 4.78 is 3.70. The van der Waals surface area contributed by atoms with Crippen LogP contribution in [0.4, 0.5) is 0 Å². The molecule has 2 aromatic rings. The van der Waals surface area contributed by atoms with E-state index in [1.165, 1.54) is 18.5 Å². The van der Waals surface area contributed by atoms with E-state index in [-0.39, 0.29) is 11.4 Å². The third kappa shape index (κ3) is 3.76. The summed E-state index contributed by atoms with van der Waals surface area (Å²) in [5, 5.41) is 8.81. The highest BCUT2D eigenvalue weighted by atomic mass is 16.2. The summed E-state index contributed by atoms with van der Waals surface area (Å²) in [6.45, 7) is 7.25. The Hall–Kier alpha value is -2.55. The van der Waals surface area contributed by atoms with Crippen LogP contribution in [0.3, 0.4) is 0 Å². The van der Waals surface area contributed by atoms with E-state index in [4.69, 9.17) is 6.42 Å². The predicted octanol–water partition coefficient (Wildman–Crippen LogP) is 2.62. The van der Waals surface area contributed by atoms with Crippen molar-refractivity contribution in [1.82, 2.24) is 24.5 Å². The number of carbonyl (C=O) groups is 1. The van der Waals surface area contributed by atoms with E-state index in [0.29, 0.717) is 24.7 Å². The first-order chi connectivity index (χ1) is 11.8. The molecule has 2 aromatic heterocycles. The zero-order valence-corrected chi connectivity index (χ0v) is 15.4. The number of amides is 1. The summed E-state index contributed by atoms with van der Waals surface area (Å²) in [7, 11) is 1.79. The summed E-state index contributed by atoms with van der Waals surface area (Å²) in [4.78, 5) is 14.5. The Morgan fingerprint density at radius 3 is 2.76 bits per heavy atom. The highest BCUT2D eigenvalue weighted by Gasteiger charge is 2.33. The first kappa shape index (κ1) is 17.3. The molecule has 0 spiro atoms. The number of hydrogen-bond acceptors (Lipinski definition) is 3. The standard InChI is InChI=1S/C19H25N5O/c1-6-9-23-13-14(11-20-23)12-22(5)18(25)16-10-17(15-7-8-15)24(21-16)19(2,3)4/h1,10-11,13,15H,7-9,12H2,2-5H3. The van der Waals surface area contributed by atoms with Crippen molar-refractivity contribution in [3.63, 3.8) is 0 Å². The van der Waals surface area contributed by atoms with Crippen molar-refractivity contribution in [2.45, 2.75) is 58.2 Å². The third-order valence-corrected chi connectivity index (χ3v) is 4.29. The fraction of sp³-hybridized carbons (Fsp3) is 0.526. The summed E-state index contributed by atoms with van der Waals surface area (Å²) in [5.74, 6) is 3.01. The third-order valence-electron chi connectivity index (χ3n) is 4.29. The molecule has 6 nitrogen and oxygen atoms in total. The number of nitrogens with zero attached hydrogens (tertiary/aromatic N) is 5. The van der Waals surface area contributed by atoms with E-state index < -0.39 is 0 Å². The second-order valence-electron chi connectivity index (χ2n) is 7.72. The van der Waals surface area contributed by atoms with Crippen molar-refractivity contribution in [2.75, 3.05) is 7.05 Å². The lowest BCUT2D eigenvalue weighted by molar-refractivity contribution is 0.0777. The van der Waals surface area contributed by atoms with Gasteiger partial charge in [0.1, 0.15) is 6.54 Å². The summed E-state index contributed by atoms with van der Waals surface area (Å²) in [6.07, 6.45) is 11.3. The highest BCUT2D eigenvalue weighted by molar-refractivity contribution is 5.92. The molecule has 0 radical (unpaired) electrons. The Morgan fingerprint density at radius 1 is 1.44 bits per heavy atom. The highest BCUT2D eigenvalue weighted by Crippen LogP contribution is 2.41. The molecular weight excluding hydrogens is 314 g/mol. The average Bonchev–Trinajstić information content (AvgIpc) is 3.12. The zero-order chi connectivity index (χ0) is 18.2. The summed E-state index contributed by atoms with van der Waals surface area (Å²) in [6, 6.07) is 1.96. The molecule has 0 atom stereocenters. The van der Waals surface area contributed by atoms with E-state index >= 15 is 0 Å². The van der Waals surface area contributed by atoms with Gasteiger partial charge in [0, 0.05) is 37.0 Å². The molecule has 0 aromatic carbocycles. The van der Waals surface area contributed by atoms with Crippen LogP contribution in [0.2, 0.25) is 0 Å². The molecule has 0 unspecified atom stereocenters. The maximum atomic E-state index is 12.8. The predicted molar refractivity (Wildman–Crippen MR) is 96.1 cm³/mol. The van der Waals surface area contributed by atoms with E-state index in [0.717, 1.165) is 5.56 Å². The Bertz CT molecular complexity index is 814. The van der Waals surface area contributed by atoms with E-state index in [9.17, 15) is 4.79 Å². The minimum atomic E-state index is -0.134. The van der Waals surface area contributed by atoms with Gasteiger partial charge < -0.3 is 4.90 Å². The van der Waals surface area contributed by atoms with Gasteiger partial charge in [-0.2, -0.15) is 10.2 Å². The minimum absolute atomic E-state index is 0.0744. The quantitative estimate of drug-likeness (QED) is 0.787. The molecule has 0 aliphatic heterocycles. The average molecular weight is 339 g/mol. The van der Waals surface area contributed by atoms with Crippen LogP contribution in [0.25, 0.3) is 0 Å². The molecule has 0 bridgehead atoms. The van der Waals surface area contributed by atoms with Crippen molar-refractivity contribution in [2.24, 2.45) is 0 Å². The van der Waals surface area contributed by atoms with Crippen molar-refractivity contribution >= 4 is 5.91 Å². The SMILES string of the molecule is C#CCn1cc(CN(C)C(=O)c2cc(C3CC3)n(C(C)(C)C)n2)cn1. The molecule has 0 saturated heterocycles. The lowest BCUT2D eigenvalue weighted by Gasteiger charge is -2.22. The van der Waals surface area contributed by atoms with Crippen LogP contribution in [-0.2, 0) is 18.6 Å². The maximum absolute atomic E-state index is 12.8. The van der Waals surface area contributed by atoms with Crippen molar-refractivity contribution < 1.29 is 4.79 Å². The van der Waals surface area contributed by atoms with Gasteiger partial charge in [-0.1, -0.05) is 5.92 Å². The minimum Gasteiger partial charge on any atom is -0.336 e. The largest absolute Gasteiger partial charge is 0.336 e. The fourth-order valence-corrected chi connectivity index (χ4v) is 2.92. The Kier molecular flexibility index (Phi) is 4.42. The Morgan fingerprint density at radius 2 is 2.16 bits per heavy atom. The first-order valence-electron chi connectivity index (χ1n) is 8.60. The number of terminal acetylenes is 1. The van der Waals surface area contributed by atoms with Gasteiger partial charge in [-0.25, -0.2) is 0 Å². The number of carbonyl (C=O) groups excluding carboxylic acids is 1. The van der Waals surface area contributed by atoms with Gasteiger partial charge >= 0.3 is 0 Å². The van der Waals surface area contributed by atoms with Gasteiger partial charge in [0.05, 0.1) is 11.7 Å². The number of rotatable bonds is 5. The van der Waals surface area contributed by atoms with Crippen molar-refractivity contribution in [1.29, 1.82) is 0 Å². The smallest absolute Gasteiger partial charge is 0.274 e. The van der Waals surface area contributed by atoms with E-state index in [2.05, 4.69) is 36.9 Å². The molecule has 3 rings (SSSR count). The summed E-state index contributed by atoms with van der Waals surface area (Å²) in [5.41, 5.74) is 2.50. The monoisotopic (exact) mass is 339 g/mol. The van der Waals surface area contributed by atoms with Crippen LogP contribution >= 0.6 is 0 Å². The van der Waals surface area contributed by atoms with Crippen LogP contribution in [0.5, 0.6) is 0 Å². The molecule has 1 fully saturated rings. The summed E-state index contributed by atoms with van der Waals surface area (Å²) >= 11 is 0. The van der Waals surface area contributed by atoms with Crippen LogP contribution in [0.15, 0.2) is 18.5 Å². The lowest BCUT2D eigenvalue weighted by Crippen LogP contribution is -2.28. The molecule has 6 heteroatoms. The van der Waals surface area contributed by atoms with Gasteiger partial charge in [0.25, 0.3) is 5.91 Å². The second-order valence-corrected chi connectivity index (χ2v) is 7.72. The van der Waals surface area contributed by atoms with Gasteiger partial charge in [-0.05, 0) is 39.7 Å². The van der Waals surface area contributed by atoms with Crippen molar-refractivity contribution in [3.05, 3.63) is 35.4 Å². The van der Waals surface area contributed by atoms with E-state index in [1.807, 2.05) is 16.9 Å². The molecule has 2 heterocycles. The molecule has 132 valence electrons. The van der Waals surface area contributed by atoms with E-state index in [1.54, 1.807) is 22.8 Å². The number of aromatic nitrogens is 4. The maximum Gasteiger partial charge on any atom is 0.274 e. The van der Waals surface area contributed by atoms with Crippen LogP contribution in [0, 0.1) is 12.3 Å². The molecule has 1 amide bonds. The Labute approximate surface area is 148 Å². The molecule has 1 saturated carbocycles. The fourth-order valence-electron chi connectivity index (χ4n) is 2.92. The topological polar surface area (TPSA) is 56.0 Å². The molecule has 0 N–H and O–H groups in total. The number of hydrogen-bond donors (Lipinski definition) is 0. The molecule has 1 aliphatic carbocycles. The molecule has 1 aliphatic rings. The second kappa shape index (κ2) is 6.40. The molecular formula is C19H25N5O. The van der Waals surface area contributed by atoms with Gasteiger partial charge in [0.15, 0.2) is 5.69 Å². The van der Waals surface area contributed by atoms with Crippen LogP contribution in [-0.4, -0.2) is 37.4 Å². The van der Waals surface area contributed by atoms with Gasteiger partial charge in [0.2, 0.25) is 0 Å². The lowest BCUT2D eigenvalue weighted by atomic mass is 10.1. The van der Waals surface area contributed by atoms with Crippen LogP contribution in [0.1, 0.15) is 61.3 Å². The zero-order valence-electron chi connectivity index (χ0n) is 15.4. The molecule has 25 heavy (non-hydrogen) atoms. The first-order valence-corrected chi connectivity index (χ1v) is 8.60.